The number of amides is 1. The molecule has 1 amide bonds. The molecule has 2 aromatic carbocycles. The summed E-state index contributed by atoms with van der Waals surface area (Å²) in [5.74, 6) is -0.816. The number of hydrogen-bond acceptors (Lipinski definition) is 6. The first-order chi connectivity index (χ1) is 14.6. The van der Waals surface area contributed by atoms with Gasteiger partial charge in [0.2, 0.25) is 15.9 Å². The van der Waals surface area contributed by atoms with Crippen molar-refractivity contribution in [2.24, 2.45) is 0 Å². The first-order valence-electron chi connectivity index (χ1n) is 10.1. The van der Waals surface area contributed by atoms with Crippen molar-refractivity contribution in [3.63, 3.8) is 0 Å². The first-order valence-corrected chi connectivity index (χ1v) is 13.2. The highest BCUT2D eigenvalue weighted by molar-refractivity contribution is 7.94. The van der Waals surface area contributed by atoms with E-state index in [1.807, 2.05) is 32.0 Å². The number of anilines is 2. The number of carbonyl (C=O) groups is 1. The maximum Gasteiger partial charge on any atom is 0.265 e. The Morgan fingerprint density at radius 1 is 1.06 bits per heavy atom. The minimum absolute atomic E-state index is 0.0224. The molecule has 1 saturated heterocycles. The number of para-hydroxylation sites is 1. The molecule has 1 aliphatic rings. The molecule has 1 heterocycles. The summed E-state index contributed by atoms with van der Waals surface area (Å²) in [7, 11) is -7.98. The van der Waals surface area contributed by atoms with Crippen LogP contribution in [0.3, 0.4) is 0 Å². The second kappa shape index (κ2) is 8.88. The van der Waals surface area contributed by atoms with E-state index in [1.165, 1.54) is 18.2 Å². The predicted octanol–water partition coefficient (Wildman–Crippen LogP) is 3.08. The van der Waals surface area contributed by atoms with Crippen LogP contribution in [0, 0.1) is 0 Å². The Morgan fingerprint density at radius 3 is 2.23 bits per heavy atom. The Hall–Kier alpha value is -2.59. The molecule has 1 aliphatic heterocycles. The summed E-state index contributed by atoms with van der Waals surface area (Å²) < 4.78 is 60.2. The number of rotatable bonds is 8. The second-order valence-electron chi connectivity index (χ2n) is 7.05. The molecule has 0 aromatic heterocycles. The zero-order valence-corrected chi connectivity index (χ0v) is 19.3. The van der Waals surface area contributed by atoms with Crippen LogP contribution in [0.5, 0.6) is 5.75 Å². The molecule has 0 spiro atoms. The lowest BCUT2D eigenvalue weighted by Gasteiger charge is -2.20. The molecule has 0 atom stereocenters. The number of benzene rings is 2. The zero-order valence-electron chi connectivity index (χ0n) is 17.7. The van der Waals surface area contributed by atoms with E-state index in [2.05, 4.69) is 4.72 Å². The van der Waals surface area contributed by atoms with Crippen molar-refractivity contribution in [1.29, 1.82) is 0 Å². The van der Waals surface area contributed by atoms with Gasteiger partial charge in [-0.3, -0.25) is 9.52 Å². The van der Waals surface area contributed by atoms with Gasteiger partial charge in [0.1, 0.15) is 10.6 Å². The van der Waals surface area contributed by atoms with Crippen molar-refractivity contribution in [3.8, 4) is 5.75 Å². The monoisotopic (exact) mass is 466 g/mol. The van der Waals surface area contributed by atoms with Gasteiger partial charge in [-0.1, -0.05) is 32.0 Å². The summed E-state index contributed by atoms with van der Waals surface area (Å²) in [4.78, 5) is 11.9. The lowest BCUT2D eigenvalue weighted by Crippen LogP contribution is -2.29. The van der Waals surface area contributed by atoms with E-state index >= 15 is 0 Å². The number of nitrogens with zero attached hydrogens (tertiary/aromatic N) is 1. The van der Waals surface area contributed by atoms with Crippen molar-refractivity contribution in [3.05, 3.63) is 47.5 Å². The summed E-state index contributed by atoms with van der Waals surface area (Å²) in [6, 6.07) is 9.52. The zero-order chi connectivity index (χ0) is 22.8. The molecule has 1 fully saturated rings. The van der Waals surface area contributed by atoms with Crippen molar-refractivity contribution in [2.75, 3.05) is 21.4 Å². The Balaban J connectivity index is 2.13. The molecule has 8 nitrogen and oxygen atoms in total. The lowest BCUT2D eigenvalue weighted by molar-refractivity contribution is -0.116. The first kappa shape index (κ1) is 23.1. The van der Waals surface area contributed by atoms with Gasteiger partial charge in [0.25, 0.3) is 10.0 Å². The molecule has 3 rings (SSSR count). The Kier molecular flexibility index (Phi) is 6.61. The molecule has 0 unspecified atom stereocenters. The van der Waals surface area contributed by atoms with E-state index < -0.39 is 26.0 Å². The highest BCUT2D eigenvalue weighted by Crippen LogP contribution is 2.35. The SMILES string of the molecule is CCOc1ccc(N2C(=O)CCS2(=O)=O)cc1S(=O)(=O)Nc1c(CC)cccc1CC. The fraction of sp³-hybridized carbons (Fsp3) is 0.381. The minimum atomic E-state index is -4.15. The van der Waals surface area contributed by atoms with Crippen LogP contribution < -0.4 is 13.8 Å². The van der Waals surface area contributed by atoms with E-state index in [0.29, 0.717) is 22.8 Å². The van der Waals surface area contributed by atoms with E-state index in [0.717, 1.165) is 11.1 Å². The third kappa shape index (κ3) is 4.54. The molecular formula is C21H26N2O6S2. The largest absolute Gasteiger partial charge is 0.492 e. The van der Waals surface area contributed by atoms with Gasteiger partial charge in [-0.05, 0) is 49.1 Å². The van der Waals surface area contributed by atoms with Gasteiger partial charge in [0.05, 0.1) is 23.7 Å². The standard InChI is InChI=1S/C21H26N2O6S2/c1-4-15-8-7-9-16(5-2)21(15)22-31(27,28)19-14-17(10-11-18(19)29-6-3)23-20(24)12-13-30(23,25)26/h7-11,14,22H,4-6,12-13H2,1-3H3. The van der Waals surface area contributed by atoms with Gasteiger partial charge in [0, 0.05) is 6.42 Å². The molecule has 168 valence electrons. The summed E-state index contributed by atoms with van der Waals surface area (Å²) in [5.41, 5.74) is 2.17. The predicted molar refractivity (Wildman–Crippen MR) is 120 cm³/mol. The van der Waals surface area contributed by atoms with Gasteiger partial charge in [-0.15, -0.1) is 0 Å². The third-order valence-electron chi connectivity index (χ3n) is 5.07. The quantitative estimate of drug-likeness (QED) is 0.640. The molecule has 2 aromatic rings. The van der Waals surface area contributed by atoms with Gasteiger partial charge >= 0.3 is 0 Å². The average Bonchev–Trinajstić information content (AvgIpc) is 3.00. The Labute approximate surface area is 183 Å². The number of hydrogen-bond donors (Lipinski definition) is 1. The number of nitrogens with one attached hydrogen (secondary N) is 1. The molecule has 31 heavy (non-hydrogen) atoms. The third-order valence-corrected chi connectivity index (χ3v) is 8.13. The molecule has 0 saturated carbocycles. The van der Waals surface area contributed by atoms with Crippen LogP contribution in [0.15, 0.2) is 41.3 Å². The smallest absolute Gasteiger partial charge is 0.265 e. The van der Waals surface area contributed by atoms with E-state index in [4.69, 9.17) is 4.74 Å². The maximum absolute atomic E-state index is 13.4. The van der Waals surface area contributed by atoms with Gasteiger partial charge < -0.3 is 4.74 Å². The topological polar surface area (TPSA) is 110 Å². The fourth-order valence-electron chi connectivity index (χ4n) is 3.54. The van der Waals surface area contributed by atoms with Crippen molar-refractivity contribution < 1.29 is 26.4 Å². The molecule has 0 bridgehead atoms. The number of sulfonamides is 2. The Morgan fingerprint density at radius 2 is 1.71 bits per heavy atom. The van der Waals surface area contributed by atoms with E-state index in [1.54, 1.807) is 6.92 Å². The molecule has 0 radical (unpaired) electrons. The van der Waals surface area contributed by atoms with Gasteiger partial charge in [0.15, 0.2) is 0 Å². The molecular weight excluding hydrogens is 440 g/mol. The maximum atomic E-state index is 13.4. The average molecular weight is 467 g/mol. The van der Waals surface area contributed by atoms with Crippen LogP contribution in [0.4, 0.5) is 11.4 Å². The number of carbonyl (C=O) groups excluding carboxylic acids is 1. The highest BCUT2D eigenvalue weighted by atomic mass is 32.2. The summed E-state index contributed by atoms with van der Waals surface area (Å²) >= 11 is 0. The number of aryl methyl sites for hydroxylation is 2. The van der Waals surface area contributed by atoms with Crippen LogP contribution >= 0.6 is 0 Å². The van der Waals surface area contributed by atoms with Crippen molar-refractivity contribution in [1.82, 2.24) is 0 Å². The van der Waals surface area contributed by atoms with Crippen LogP contribution in [0.2, 0.25) is 0 Å². The van der Waals surface area contributed by atoms with Gasteiger partial charge in [-0.25, -0.2) is 21.1 Å². The number of ether oxygens (including phenoxy) is 1. The van der Waals surface area contributed by atoms with Crippen LogP contribution in [-0.2, 0) is 37.7 Å². The van der Waals surface area contributed by atoms with Gasteiger partial charge in [-0.2, -0.15) is 0 Å². The van der Waals surface area contributed by atoms with Crippen molar-refractivity contribution >= 4 is 37.3 Å². The Bertz CT molecular complexity index is 1180. The molecule has 1 N–H and O–H groups in total. The fourth-order valence-corrected chi connectivity index (χ4v) is 6.30. The summed E-state index contributed by atoms with van der Waals surface area (Å²) in [6.07, 6.45) is 1.12. The second-order valence-corrected chi connectivity index (χ2v) is 10.6. The van der Waals surface area contributed by atoms with Crippen molar-refractivity contribution in [2.45, 2.75) is 44.9 Å². The molecule has 10 heteroatoms. The minimum Gasteiger partial charge on any atom is -0.492 e. The normalized spacial score (nSPS) is 15.8. The highest BCUT2D eigenvalue weighted by Gasteiger charge is 2.37. The van der Waals surface area contributed by atoms with E-state index in [-0.39, 0.29) is 35.1 Å². The van der Waals surface area contributed by atoms with Crippen LogP contribution in [0.25, 0.3) is 0 Å². The summed E-state index contributed by atoms with van der Waals surface area (Å²) in [6.45, 7) is 5.80. The lowest BCUT2D eigenvalue weighted by atomic mass is 10.0. The van der Waals surface area contributed by atoms with Crippen LogP contribution in [-0.4, -0.2) is 35.1 Å². The van der Waals surface area contributed by atoms with E-state index in [9.17, 15) is 21.6 Å². The van der Waals surface area contributed by atoms with Crippen LogP contribution in [0.1, 0.15) is 38.3 Å². The molecule has 0 aliphatic carbocycles. The summed E-state index contributed by atoms with van der Waals surface area (Å²) in [5, 5.41) is 0.